The van der Waals surface area contributed by atoms with Crippen molar-refractivity contribution in [2.45, 2.75) is 89.0 Å². The van der Waals surface area contributed by atoms with Crippen molar-refractivity contribution in [3.05, 3.63) is 29.6 Å². The number of aliphatic hydroxyl groups excluding tert-OH is 1. The zero-order valence-electron chi connectivity index (χ0n) is 18.4. The predicted octanol–water partition coefficient (Wildman–Crippen LogP) is 5.70. The van der Waals surface area contributed by atoms with Crippen molar-refractivity contribution in [3.63, 3.8) is 0 Å². The molecular formula is C24H31F3N4O. The first-order valence-corrected chi connectivity index (χ1v) is 11.9. The Morgan fingerprint density at radius 3 is 2.69 bits per heavy atom. The first kappa shape index (κ1) is 21.7. The molecule has 2 heterocycles. The largest absolute Gasteiger partial charge is 0.393 e. The van der Waals surface area contributed by atoms with Gasteiger partial charge in [0.15, 0.2) is 0 Å². The highest BCUT2D eigenvalue weighted by molar-refractivity contribution is 5.80. The number of aliphatic hydroxyl groups is 1. The van der Waals surface area contributed by atoms with Gasteiger partial charge in [0.1, 0.15) is 0 Å². The molecule has 0 amide bonds. The molecule has 0 spiro atoms. The van der Waals surface area contributed by atoms with Crippen LogP contribution in [0, 0.1) is 11.8 Å². The van der Waals surface area contributed by atoms with E-state index in [0.717, 1.165) is 54.8 Å². The number of alkyl halides is 3. The van der Waals surface area contributed by atoms with Gasteiger partial charge in [-0.3, -0.25) is 0 Å². The molecule has 2 bridgehead atoms. The molecule has 2 N–H and O–H groups in total. The Morgan fingerprint density at radius 1 is 1.19 bits per heavy atom. The number of rotatable bonds is 5. The summed E-state index contributed by atoms with van der Waals surface area (Å²) >= 11 is 0. The van der Waals surface area contributed by atoms with Crippen LogP contribution in [0.4, 0.5) is 19.1 Å². The molecule has 0 aromatic carbocycles. The molecule has 32 heavy (non-hydrogen) atoms. The maximum absolute atomic E-state index is 12.8. The molecule has 3 aliphatic rings. The Bertz CT molecular complexity index is 1010. The molecule has 2 fully saturated rings. The Balaban J connectivity index is 1.50. The number of anilines is 1. The van der Waals surface area contributed by atoms with Crippen molar-refractivity contribution in [1.82, 2.24) is 14.6 Å². The van der Waals surface area contributed by atoms with Gasteiger partial charge in [-0.2, -0.15) is 13.2 Å². The van der Waals surface area contributed by atoms with Crippen molar-refractivity contribution in [3.8, 4) is 0 Å². The molecule has 2 saturated carbocycles. The van der Waals surface area contributed by atoms with E-state index in [1.54, 1.807) is 6.20 Å². The van der Waals surface area contributed by atoms with Crippen LogP contribution < -0.4 is 5.32 Å². The zero-order valence-corrected chi connectivity index (χ0v) is 18.4. The minimum Gasteiger partial charge on any atom is -0.393 e. The van der Waals surface area contributed by atoms with E-state index in [2.05, 4.69) is 27.5 Å². The van der Waals surface area contributed by atoms with Crippen LogP contribution in [0.1, 0.15) is 81.9 Å². The van der Waals surface area contributed by atoms with Gasteiger partial charge in [0.2, 0.25) is 5.95 Å². The number of hydrogen-bond acceptors (Lipinski definition) is 4. The van der Waals surface area contributed by atoms with Gasteiger partial charge in [0.25, 0.3) is 0 Å². The highest BCUT2D eigenvalue weighted by Gasteiger charge is 2.33. The molecule has 2 aromatic rings. The summed E-state index contributed by atoms with van der Waals surface area (Å²) in [5.74, 6) is 1.88. The van der Waals surface area contributed by atoms with Gasteiger partial charge in [-0.1, -0.05) is 6.08 Å². The fraction of sp³-hybridized carbons (Fsp3) is 0.667. The van der Waals surface area contributed by atoms with E-state index in [0.29, 0.717) is 5.92 Å². The molecule has 2 aromatic heterocycles. The number of halogens is 3. The van der Waals surface area contributed by atoms with Crippen molar-refractivity contribution in [1.29, 1.82) is 0 Å². The lowest BCUT2D eigenvalue weighted by atomic mass is 9.84. The lowest BCUT2D eigenvalue weighted by molar-refractivity contribution is -0.136. The maximum Gasteiger partial charge on any atom is 0.391 e. The summed E-state index contributed by atoms with van der Waals surface area (Å²) < 4.78 is 40.2. The zero-order chi connectivity index (χ0) is 22.5. The van der Waals surface area contributed by atoms with E-state index in [1.807, 2.05) is 4.52 Å². The monoisotopic (exact) mass is 448 g/mol. The summed E-state index contributed by atoms with van der Waals surface area (Å²) in [6.07, 6.45) is 6.94. The minimum atomic E-state index is -4.24. The van der Waals surface area contributed by atoms with Gasteiger partial charge in [0, 0.05) is 23.2 Å². The number of allylic oxidation sites excluding steroid dienone is 2. The summed E-state index contributed by atoms with van der Waals surface area (Å²) in [6, 6.07) is 1.42. The van der Waals surface area contributed by atoms with Crippen LogP contribution in [-0.4, -0.2) is 38.0 Å². The van der Waals surface area contributed by atoms with Gasteiger partial charge in [-0.15, -0.1) is 5.10 Å². The normalized spacial score (nSPS) is 29.2. The molecule has 3 aliphatic carbocycles. The standard InChI is InChI=1S/C24H31F3N4O/c1-14(12-24(25,26)27)29-23-28-13-22-20(18-9-15-2-3-16(8-15)10-18)11-21(31(22)30-23)17-4-6-19(32)7-5-17/h9,11,13-17,19,32H,2-8,10,12H2,1H3,(H,29,30)/t14-,15+,16-,17?,19?/m0/s1. The van der Waals surface area contributed by atoms with Crippen LogP contribution in [0.3, 0.4) is 0 Å². The topological polar surface area (TPSA) is 62.5 Å². The van der Waals surface area contributed by atoms with E-state index in [4.69, 9.17) is 0 Å². The third-order valence-electron chi connectivity index (χ3n) is 7.45. The predicted molar refractivity (Wildman–Crippen MR) is 117 cm³/mol. The number of nitrogens with one attached hydrogen (secondary N) is 1. The second-order valence-electron chi connectivity index (χ2n) is 10.1. The van der Waals surface area contributed by atoms with Gasteiger partial charge in [-0.05, 0) is 81.8 Å². The lowest BCUT2D eigenvalue weighted by Gasteiger charge is -2.25. The van der Waals surface area contributed by atoms with Crippen molar-refractivity contribution < 1.29 is 18.3 Å². The quantitative estimate of drug-likeness (QED) is 0.616. The SMILES string of the molecule is C[C@@H](CC(F)(F)F)Nc1ncc2c(C3=C[C@@H]4CC[C@H](C3)C4)cc(C3CCC(O)CC3)n2n1. The van der Waals surface area contributed by atoms with Crippen LogP contribution in [-0.2, 0) is 0 Å². The smallest absolute Gasteiger partial charge is 0.391 e. The highest BCUT2D eigenvalue weighted by atomic mass is 19.4. The van der Waals surface area contributed by atoms with E-state index in [-0.39, 0.29) is 18.0 Å². The lowest BCUT2D eigenvalue weighted by Crippen LogP contribution is -2.25. The fourth-order valence-electron chi connectivity index (χ4n) is 5.93. The second kappa shape index (κ2) is 8.36. The molecule has 0 unspecified atom stereocenters. The van der Waals surface area contributed by atoms with E-state index in [9.17, 15) is 18.3 Å². The third-order valence-corrected chi connectivity index (χ3v) is 7.45. The van der Waals surface area contributed by atoms with Gasteiger partial charge >= 0.3 is 6.18 Å². The average molecular weight is 449 g/mol. The summed E-state index contributed by atoms with van der Waals surface area (Å²) in [5.41, 5.74) is 4.53. The van der Waals surface area contributed by atoms with Gasteiger partial charge in [-0.25, -0.2) is 9.50 Å². The second-order valence-corrected chi connectivity index (χ2v) is 10.1. The number of nitrogens with zero attached hydrogens (tertiary/aromatic N) is 3. The average Bonchev–Trinajstić information content (AvgIpc) is 3.26. The molecule has 0 aliphatic heterocycles. The van der Waals surface area contributed by atoms with E-state index >= 15 is 0 Å². The molecule has 5 rings (SSSR count). The van der Waals surface area contributed by atoms with Crippen LogP contribution in [0.2, 0.25) is 0 Å². The molecule has 5 nitrogen and oxygen atoms in total. The van der Waals surface area contributed by atoms with Crippen molar-refractivity contribution >= 4 is 17.0 Å². The fourth-order valence-corrected chi connectivity index (χ4v) is 5.93. The van der Waals surface area contributed by atoms with Crippen LogP contribution in [0.15, 0.2) is 18.3 Å². The van der Waals surface area contributed by atoms with Crippen LogP contribution in [0.25, 0.3) is 11.1 Å². The summed E-state index contributed by atoms with van der Waals surface area (Å²) in [7, 11) is 0. The molecule has 174 valence electrons. The van der Waals surface area contributed by atoms with E-state index < -0.39 is 18.6 Å². The summed E-state index contributed by atoms with van der Waals surface area (Å²) in [5, 5.41) is 17.4. The maximum atomic E-state index is 12.8. The highest BCUT2D eigenvalue weighted by Crippen LogP contribution is 2.46. The first-order chi connectivity index (χ1) is 15.2. The minimum absolute atomic E-state index is 0.214. The molecule has 0 radical (unpaired) electrons. The van der Waals surface area contributed by atoms with E-state index in [1.165, 1.54) is 31.8 Å². The number of aromatic nitrogens is 3. The Morgan fingerprint density at radius 2 is 1.97 bits per heavy atom. The van der Waals surface area contributed by atoms with Gasteiger partial charge < -0.3 is 10.4 Å². The molecule has 0 saturated heterocycles. The first-order valence-electron chi connectivity index (χ1n) is 11.9. The number of hydrogen-bond donors (Lipinski definition) is 2. The third kappa shape index (κ3) is 4.51. The van der Waals surface area contributed by atoms with Crippen LogP contribution in [0.5, 0.6) is 0 Å². The van der Waals surface area contributed by atoms with Gasteiger partial charge in [0.05, 0.1) is 24.2 Å². The summed E-state index contributed by atoms with van der Waals surface area (Å²) in [4.78, 5) is 4.38. The Kier molecular flexibility index (Phi) is 5.68. The summed E-state index contributed by atoms with van der Waals surface area (Å²) in [6.45, 7) is 1.49. The van der Waals surface area contributed by atoms with Crippen LogP contribution >= 0.6 is 0 Å². The molecule has 8 heteroatoms. The molecular weight excluding hydrogens is 417 g/mol. The van der Waals surface area contributed by atoms with Crippen molar-refractivity contribution in [2.75, 3.05) is 5.32 Å². The van der Waals surface area contributed by atoms with Crippen molar-refractivity contribution in [2.24, 2.45) is 11.8 Å². The Hall–Kier alpha value is -2.09. The number of fused-ring (bicyclic) bond motifs is 3. The Labute approximate surface area is 186 Å². The molecule has 3 atom stereocenters.